The first-order chi connectivity index (χ1) is 6.43. The highest BCUT2D eigenvalue weighted by Crippen LogP contribution is 2.06. The molecular formula is C13H18. The molecule has 0 aliphatic rings. The summed E-state index contributed by atoms with van der Waals surface area (Å²) in [5, 5.41) is 0. The molecule has 1 rings (SSSR count). The van der Waals surface area contributed by atoms with E-state index in [0.717, 1.165) is 0 Å². The van der Waals surface area contributed by atoms with Gasteiger partial charge < -0.3 is 0 Å². The number of hydrogen-bond acceptors (Lipinski definition) is 0. The number of rotatable bonds is 5. The minimum atomic E-state index is 1.22. The Balaban J connectivity index is 2.13. The molecule has 0 nitrogen and oxygen atoms in total. The van der Waals surface area contributed by atoms with Crippen LogP contribution in [0.25, 0.3) is 0 Å². The van der Waals surface area contributed by atoms with E-state index >= 15 is 0 Å². The zero-order valence-corrected chi connectivity index (χ0v) is 8.37. The summed E-state index contributed by atoms with van der Waals surface area (Å²) in [6.45, 7) is 2.08. The van der Waals surface area contributed by atoms with Crippen molar-refractivity contribution in [3.05, 3.63) is 48.0 Å². The topological polar surface area (TPSA) is 0 Å². The van der Waals surface area contributed by atoms with Gasteiger partial charge >= 0.3 is 0 Å². The van der Waals surface area contributed by atoms with Gasteiger partial charge in [0.15, 0.2) is 0 Å². The quantitative estimate of drug-likeness (QED) is 0.468. The van der Waals surface area contributed by atoms with Crippen molar-refractivity contribution >= 4 is 0 Å². The standard InChI is InChI=1S/C13H18/c1-2-3-4-5-7-10-13-11-8-6-9-12-13/h2-3,6,8-9,11-12H,4-5,7,10H2,1H3/b3-2-. The van der Waals surface area contributed by atoms with E-state index in [4.69, 9.17) is 0 Å². The van der Waals surface area contributed by atoms with E-state index in [2.05, 4.69) is 49.4 Å². The molecule has 0 spiro atoms. The van der Waals surface area contributed by atoms with Crippen LogP contribution in [0.2, 0.25) is 0 Å². The van der Waals surface area contributed by atoms with Gasteiger partial charge in [0.2, 0.25) is 0 Å². The molecule has 1 aromatic carbocycles. The zero-order chi connectivity index (χ0) is 9.36. The Morgan fingerprint density at radius 3 is 2.54 bits per heavy atom. The highest BCUT2D eigenvalue weighted by atomic mass is 14.0. The van der Waals surface area contributed by atoms with Crippen LogP contribution in [0.4, 0.5) is 0 Å². The van der Waals surface area contributed by atoms with Crippen LogP contribution in [0, 0.1) is 0 Å². The van der Waals surface area contributed by atoms with Crippen molar-refractivity contribution in [2.24, 2.45) is 0 Å². The van der Waals surface area contributed by atoms with Gasteiger partial charge in [-0.15, -0.1) is 0 Å². The maximum absolute atomic E-state index is 2.24. The zero-order valence-electron chi connectivity index (χ0n) is 8.37. The Kier molecular flexibility index (Phi) is 5.00. The Hall–Kier alpha value is -1.04. The van der Waals surface area contributed by atoms with Crippen molar-refractivity contribution in [2.45, 2.75) is 32.6 Å². The molecule has 0 saturated carbocycles. The maximum atomic E-state index is 2.24. The van der Waals surface area contributed by atoms with Crippen LogP contribution < -0.4 is 0 Å². The third-order valence-electron chi connectivity index (χ3n) is 2.16. The molecule has 0 atom stereocenters. The molecule has 0 saturated heterocycles. The normalized spacial score (nSPS) is 10.8. The van der Waals surface area contributed by atoms with Gasteiger partial charge in [-0.2, -0.15) is 0 Å². The lowest BCUT2D eigenvalue weighted by atomic mass is 10.1. The highest BCUT2D eigenvalue weighted by molar-refractivity contribution is 5.14. The molecule has 13 heavy (non-hydrogen) atoms. The Morgan fingerprint density at radius 1 is 1.08 bits per heavy atom. The summed E-state index contributed by atoms with van der Waals surface area (Å²) in [5.74, 6) is 0. The largest absolute Gasteiger partial charge is 0.0917 e. The number of hydrogen-bond donors (Lipinski definition) is 0. The molecule has 0 heterocycles. The number of unbranched alkanes of at least 4 members (excludes halogenated alkanes) is 2. The first-order valence-corrected chi connectivity index (χ1v) is 5.08. The molecule has 0 unspecified atom stereocenters. The average Bonchev–Trinajstić information content (AvgIpc) is 2.19. The van der Waals surface area contributed by atoms with Crippen molar-refractivity contribution in [3.8, 4) is 0 Å². The van der Waals surface area contributed by atoms with Crippen molar-refractivity contribution in [1.82, 2.24) is 0 Å². The molecule has 70 valence electrons. The van der Waals surface area contributed by atoms with Crippen LogP contribution in [-0.4, -0.2) is 0 Å². The first kappa shape index (κ1) is 10.0. The molecule has 0 bridgehead atoms. The molecular weight excluding hydrogens is 156 g/mol. The van der Waals surface area contributed by atoms with Crippen molar-refractivity contribution in [1.29, 1.82) is 0 Å². The molecule has 0 amide bonds. The van der Waals surface area contributed by atoms with E-state index in [9.17, 15) is 0 Å². The monoisotopic (exact) mass is 174 g/mol. The fourth-order valence-corrected chi connectivity index (χ4v) is 1.40. The first-order valence-electron chi connectivity index (χ1n) is 5.08. The van der Waals surface area contributed by atoms with Gasteiger partial charge in [0.05, 0.1) is 0 Å². The lowest BCUT2D eigenvalue weighted by Gasteiger charge is -1.98. The van der Waals surface area contributed by atoms with Crippen LogP contribution in [-0.2, 0) is 6.42 Å². The summed E-state index contributed by atoms with van der Waals surface area (Å²) >= 11 is 0. The second kappa shape index (κ2) is 6.47. The van der Waals surface area contributed by atoms with Crippen LogP contribution in [0.1, 0.15) is 31.7 Å². The fraction of sp³-hybridized carbons (Fsp3) is 0.385. The van der Waals surface area contributed by atoms with Gasteiger partial charge in [-0.3, -0.25) is 0 Å². The van der Waals surface area contributed by atoms with Gasteiger partial charge in [-0.1, -0.05) is 42.5 Å². The van der Waals surface area contributed by atoms with Gasteiger partial charge in [0.25, 0.3) is 0 Å². The second-order valence-electron chi connectivity index (χ2n) is 3.30. The van der Waals surface area contributed by atoms with Crippen LogP contribution in [0.5, 0.6) is 0 Å². The minimum Gasteiger partial charge on any atom is -0.0917 e. The number of benzene rings is 1. The highest BCUT2D eigenvalue weighted by Gasteiger charge is 1.90. The summed E-state index contributed by atoms with van der Waals surface area (Å²) < 4.78 is 0. The summed E-state index contributed by atoms with van der Waals surface area (Å²) in [6, 6.07) is 10.7. The van der Waals surface area contributed by atoms with Crippen LogP contribution >= 0.6 is 0 Å². The van der Waals surface area contributed by atoms with Crippen LogP contribution in [0.15, 0.2) is 42.5 Å². The van der Waals surface area contributed by atoms with Crippen LogP contribution in [0.3, 0.4) is 0 Å². The molecule has 0 fully saturated rings. The number of aryl methyl sites for hydroxylation is 1. The molecule has 0 radical (unpaired) electrons. The summed E-state index contributed by atoms with van der Waals surface area (Å²) in [4.78, 5) is 0. The molecule has 0 aromatic heterocycles. The van der Waals surface area contributed by atoms with E-state index in [1.165, 1.54) is 31.2 Å². The molecule has 0 aliphatic carbocycles. The third kappa shape index (κ3) is 4.51. The van der Waals surface area contributed by atoms with Crippen molar-refractivity contribution < 1.29 is 0 Å². The maximum Gasteiger partial charge on any atom is -0.0279 e. The van der Waals surface area contributed by atoms with Crippen molar-refractivity contribution in [3.63, 3.8) is 0 Å². The molecule has 0 heteroatoms. The molecule has 0 N–H and O–H groups in total. The van der Waals surface area contributed by atoms with E-state index in [1.807, 2.05) is 0 Å². The van der Waals surface area contributed by atoms with E-state index in [-0.39, 0.29) is 0 Å². The van der Waals surface area contributed by atoms with E-state index in [0.29, 0.717) is 0 Å². The SMILES string of the molecule is C/C=C\CCCCc1ccccc1. The Labute approximate surface area is 81.3 Å². The summed E-state index contributed by atoms with van der Waals surface area (Å²) in [7, 11) is 0. The Bertz CT molecular complexity index is 233. The summed E-state index contributed by atoms with van der Waals surface area (Å²) in [6.07, 6.45) is 9.42. The second-order valence-corrected chi connectivity index (χ2v) is 3.30. The predicted octanol–water partition coefficient (Wildman–Crippen LogP) is 3.98. The van der Waals surface area contributed by atoms with Crippen molar-refractivity contribution in [2.75, 3.05) is 0 Å². The molecule has 0 aliphatic heterocycles. The fourth-order valence-electron chi connectivity index (χ4n) is 1.40. The number of allylic oxidation sites excluding steroid dienone is 2. The third-order valence-corrected chi connectivity index (χ3v) is 2.16. The van der Waals surface area contributed by atoms with Gasteiger partial charge in [-0.25, -0.2) is 0 Å². The lowest BCUT2D eigenvalue weighted by molar-refractivity contribution is 0.747. The van der Waals surface area contributed by atoms with Gasteiger partial charge in [-0.05, 0) is 38.2 Å². The predicted molar refractivity (Wildman–Crippen MR) is 58.8 cm³/mol. The lowest BCUT2D eigenvalue weighted by Crippen LogP contribution is -1.83. The smallest absolute Gasteiger partial charge is 0.0279 e. The molecule has 1 aromatic rings. The van der Waals surface area contributed by atoms with E-state index in [1.54, 1.807) is 0 Å². The average molecular weight is 174 g/mol. The minimum absolute atomic E-state index is 1.22. The summed E-state index contributed by atoms with van der Waals surface area (Å²) in [5.41, 5.74) is 1.46. The Morgan fingerprint density at radius 2 is 1.85 bits per heavy atom. The van der Waals surface area contributed by atoms with Gasteiger partial charge in [0, 0.05) is 0 Å². The van der Waals surface area contributed by atoms with E-state index < -0.39 is 0 Å². The van der Waals surface area contributed by atoms with Gasteiger partial charge in [0.1, 0.15) is 0 Å².